The second kappa shape index (κ2) is 7.01. The van der Waals surface area contributed by atoms with Crippen molar-refractivity contribution in [2.45, 2.75) is 20.3 Å². The van der Waals surface area contributed by atoms with Gasteiger partial charge in [0.2, 0.25) is 0 Å². The third-order valence-electron chi connectivity index (χ3n) is 2.85. The molecule has 0 aliphatic rings. The lowest BCUT2D eigenvalue weighted by molar-refractivity contribution is 0.0692. The summed E-state index contributed by atoms with van der Waals surface area (Å²) in [5, 5.41) is 9.08. The van der Waals surface area contributed by atoms with Gasteiger partial charge in [-0.15, -0.1) is 0 Å². The Balaban J connectivity index is 2.54. The third kappa shape index (κ3) is 4.37. The van der Waals surface area contributed by atoms with Gasteiger partial charge in [-0.1, -0.05) is 18.6 Å². The average Bonchev–Trinajstić information content (AvgIpc) is 2.35. The topological polar surface area (TPSA) is 49.8 Å². The molecular formula is C14H21NO3. The molecule has 1 N–H and O–H groups in total. The molecular weight excluding hydrogens is 230 g/mol. The Hall–Kier alpha value is -1.55. The standard InChI is InChI=1S/C14H21NO3/c1-4-15(3)8-5-9-18-13-7-6-11(2)10-12(13)14(16)17/h6-7,10H,4-5,8-9H2,1-3H3,(H,16,17). The van der Waals surface area contributed by atoms with Crippen molar-refractivity contribution >= 4 is 5.97 Å². The number of carboxylic acids is 1. The van der Waals surface area contributed by atoms with Crippen LogP contribution in [-0.2, 0) is 0 Å². The van der Waals surface area contributed by atoms with Gasteiger partial charge in [0.25, 0.3) is 0 Å². The van der Waals surface area contributed by atoms with Gasteiger partial charge in [0.05, 0.1) is 6.61 Å². The molecule has 0 spiro atoms. The van der Waals surface area contributed by atoms with Crippen molar-refractivity contribution in [2.24, 2.45) is 0 Å². The highest BCUT2D eigenvalue weighted by atomic mass is 16.5. The number of aryl methyl sites for hydroxylation is 1. The Kier molecular flexibility index (Phi) is 5.65. The minimum absolute atomic E-state index is 0.235. The Labute approximate surface area is 108 Å². The van der Waals surface area contributed by atoms with E-state index in [-0.39, 0.29) is 5.56 Å². The Morgan fingerprint density at radius 3 is 2.78 bits per heavy atom. The van der Waals surface area contributed by atoms with Crippen molar-refractivity contribution in [3.63, 3.8) is 0 Å². The fraction of sp³-hybridized carbons (Fsp3) is 0.500. The summed E-state index contributed by atoms with van der Waals surface area (Å²) in [5.41, 5.74) is 1.16. The highest BCUT2D eigenvalue weighted by molar-refractivity contribution is 5.91. The molecule has 1 aromatic rings. The minimum atomic E-state index is -0.945. The Morgan fingerprint density at radius 1 is 1.44 bits per heavy atom. The van der Waals surface area contributed by atoms with E-state index in [4.69, 9.17) is 9.84 Å². The van der Waals surface area contributed by atoms with E-state index in [2.05, 4.69) is 18.9 Å². The lowest BCUT2D eigenvalue weighted by Crippen LogP contribution is -2.20. The lowest BCUT2D eigenvalue weighted by atomic mass is 10.1. The van der Waals surface area contributed by atoms with Crippen molar-refractivity contribution in [3.8, 4) is 5.75 Å². The maximum Gasteiger partial charge on any atom is 0.339 e. The molecule has 0 saturated heterocycles. The van der Waals surface area contributed by atoms with Crippen LogP contribution in [-0.4, -0.2) is 42.7 Å². The Morgan fingerprint density at radius 2 is 2.17 bits per heavy atom. The molecule has 0 aliphatic heterocycles. The summed E-state index contributed by atoms with van der Waals surface area (Å²) in [6, 6.07) is 5.22. The highest BCUT2D eigenvalue weighted by Gasteiger charge is 2.11. The van der Waals surface area contributed by atoms with Gasteiger partial charge in [-0.05, 0) is 39.1 Å². The first-order chi connectivity index (χ1) is 8.54. The van der Waals surface area contributed by atoms with E-state index in [9.17, 15) is 4.79 Å². The number of nitrogens with zero attached hydrogens (tertiary/aromatic N) is 1. The third-order valence-corrected chi connectivity index (χ3v) is 2.85. The summed E-state index contributed by atoms with van der Waals surface area (Å²) in [7, 11) is 2.05. The summed E-state index contributed by atoms with van der Waals surface area (Å²) in [4.78, 5) is 13.3. The molecule has 18 heavy (non-hydrogen) atoms. The highest BCUT2D eigenvalue weighted by Crippen LogP contribution is 2.20. The second-order valence-corrected chi connectivity index (χ2v) is 4.40. The molecule has 0 aromatic heterocycles. The predicted octanol–water partition coefficient (Wildman–Crippen LogP) is 2.41. The van der Waals surface area contributed by atoms with Crippen molar-refractivity contribution < 1.29 is 14.6 Å². The zero-order chi connectivity index (χ0) is 13.5. The molecule has 0 radical (unpaired) electrons. The number of carbonyl (C=O) groups is 1. The molecule has 0 aliphatic carbocycles. The first kappa shape index (κ1) is 14.5. The van der Waals surface area contributed by atoms with E-state index < -0.39 is 5.97 Å². The van der Waals surface area contributed by atoms with Crippen molar-refractivity contribution in [1.29, 1.82) is 0 Å². The molecule has 4 nitrogen and oxygen atoms in total. The van der Waals surface area contributed by atoms with Crippen LogP contribution >= 0.6 is 0 Å². The van der Waals surface area contributed by atoms with E-state index >= 15 is 0 Å². The summed E-state index contributed by atoms with van der Waals surface area (Å²) >= 11 is 0. The maximum absolute atomic E-state index is 11.1. The first-order valence-corrected chi connectivity index (χ1v) is 6.20. The van der Waals surface area contributed by atoms with Gasteiger partial charge in [0, 0.05) is 6.54 Å². The van der Waals surface area contributed by atoms with Gasteiger partial charge >= 0.3 is 5.97 Å². The van der Waals surface area contributed by atoms with Crippen molar-refractivity contribution in [2.75, 3.05) is 26.7 Å². The number of aromatic carboxylic acids is 1. The van der Waals surface area contributed by atoms with E-state index in [0.29, 0.717) is 12.4 Å². The Bertz CT molecular complexity index is 404. The molecule has 1 rings (SSSR count). The molecule has 100 valence electrons. The van der Waals surface area contributed by atoms with Gasteiger partial charge in [-0.2, -0.15) is 0 Å². The molecule has 4 heteroatoms. The number of rotatable bonds is 7. The molecule has 0 bridgehead atoms. The lowest BCUT2D eigenvalue weighted by Gasteiger charge is -2.14. The van der Waals surface area contributed by atoms with Gasteiger partial charge < -0.3 is 14.7 Å². The van der Waals surface area contributed by atoms with Gasteiger partial charge in [0.1, 0.15) is 11.3 Å². The number of carboxylic acid groups (broad SMARTS) is 1. The molecule has 0 unspecified atom stereocenters. The summed E-state index contributed by atoms with van der Waals surface area (Å²) < 4.78 is 5.54. The van der Waals surface area contributed by atoms with E-state index in [1.165, 1.54) is 0 Å². The number of ether oxygens (including phenoxy) is 1. The van der Waals surface area contributed by atoms with Crippen LogP contribution in [0.25, 0.3) is 0 Å². The molecule has 0 saturated carbocycles. The maximum atomic E-state index is 11.1. The van der Waals surface area contributed by atoms with Crippen molar-refractivity contribution in [1.82, 2.24) is 4.90 Å². The first-order valence-electron chi connectivity index (χ1n) is 6.20. The van der Waals surface area contributed by atoms with Crippen LogP contribution in [0.15, 0.2) is 18.2 Å². The minimum Gasteiger partial charge on any atom is -0.493 e. The van der Waals surface area contributed by atoms with Crippen LogP contribution in [0.2, 0.25) is 0 Å². The summed E-state index contributed by atoms with van der Waals surface area (Å²) in [6.07, 6.45) is 0.886. The zero-order valence-electron chi connectivity index (χ0n) is 11.3. The van der Waals surface area contributed by atoms with E-state index in [1.54, 1.807) is 12.1 Å². The quantitative estimate of drug-likeness (QED) is 0.756. The summed E-state index contributed by atoms with van der Waals surface area (Å²) in [6.45, 7) is 6.46. The predicted molar refractivity (Wildman–Crippen MR) is 71.4 cm³/mol. The van der Waals surface area contributed by atoms with Crippen LogP contribution in [0.1, 0.15) is 29.3 Å². The van der Waals surface area contributed by atoms with Crippen LogP contribution in [0.4, 0.5) is 0 Å². The number of hydrogen-bond donors (Lipinski definition) is 1. The van der Waals surface area contributed by atoms with E-state index in [1.807, 2.05) is 13.0 Å². The van der Waals surface area contributed by atoms with Gasteiger partial charge in [0.15, 0.2) is 0 Å². The normalized spacial score (nSPS) is 10.7. The number of hydrogen-bond acceptors (Lipinski definition) is 3. The van der Waals surface area contributed by atoms with E-state index in [0.717, 1.165) is 25.1 Å². The second-order valence-electron chi connectivity index (χ2n) is 4.40. The monoisotopic (exact) mass is 251 g/mol. The molecule has 0 heterocycles. The van der Waals surface area contributed by atoms with Crippen LogP contribution in [0, 0.1) is 6.92 Å². The van der Waals surface area contributed by atoms with Gasteiger partial charge in [-0.25, -0.2) is 4.79 Å². The molecule has 0 amide bonds. The van der Waals surface area contributed by atoms with Crippen LogP contribution in [0.3, 0.4) is 0 Å². The molecule has 0 fully saturated rings. The summed E-state index contributed by atoms with van der Waals surface area (Å²) in [5.74, 6) is -0.494. The zero-order valence-corrected chi connectivity index (χ0v) is 11.3. The van der Waals surface area contributed by atoms with Crippen LogP contribution in [0.5, 0.6) is 5.75 Å². The van der Waals surface area contributed by atoms with Gasteiger partial charge in [-0.3, -0.25) is 0 Å². The molecule has 1 aromatic carbocycles. The SMILES string of the molecule is CCN(C)CCCOc1ccc(C)cc1C(=O)O. The smallest absolute Gasteiger partial charge is 0.339 e. The fourth-order valence-corrected chi connectivity index (χ4v) is 1.61. The average molecular weight is 251 g/mol. The molecule has 0 atom stereocenters. The number of benzene rings is 1. The largest absolute Gasteiger partial charge is 0.493 e. The van der Waals surface area contributed by atoms with Crippen molar-refractivity contribution in [3.05, 3.63) is 29.3 Å². The fourth-order valence-electron chi connectivity index (χ4n) is 1.61. The van der Waals surface area contributed by atoms with Crippen LogP contribution < -0.4 is 4.74 Å².